The molecule has 0 saturated carbocycles. The number of hydrogen-bond donors (Lipinski definition) is 2. The number of nitrogens with one attached hydrogen (secondary N) is 2. The van der Waals surface area contributed by atoms with Crippen LogP contribution in [0.5, 0.6) is 0 Å². The Balaban J connectivity index is 2.01. The van der Waals surface area contributed by atoms with Crippen LogP contribution in [-0.4, -0.2) is 29.5 Å². The zero-order valence-electron chi connectivity index (χ0n) is 21.6. The van der Waals surface area contributed by atoms with Crippen LogP contribution in [0.3, 0.4) is 0 Å². The smallest absolute Gasteiger partial charge is 0.243 e. The number of unbranched alkanes of at least 4 members (excludes halogenated alkanes) is 12. The minimum atomic E-state index is 0.160. The van der Waals surface area contributed by atoms with E-state index >= 15 is 0 Å². The van der Waals surface area contributed by atoms with Crippen LogP contribution in [-0.2, 0) is 22.7 Å². The molecule has 6 nitrogen and oxygen atoms in total. The molecule has 2 N–H and O–H groups in total. The molecule has 1 heterocycles. The van der Waals surface area contributed by atoms with Gasteiger partial charge in [0, 0.05) is 12.8 Å². The predicted octanol–water partition coefficient (Wildman–Crippen LogP) is 5.29. The van der Waals surface area contributed by atoms with E-state index in [4.69, 9.17) is 0 Å². The van der Waals surface area contributed by atoms with Gasteiger partial charge in [0.2, 0.25) is 18.1 Å². The van der Waals surface area contributed by atoms with Gasteiger partial charge in [0.25, 0.3) is 0 Å². The fourth-order valence-corrected chi connectivity index (χ4v) is 4.01. The Hall–Kier alpha value is -1.85. The maximum absolute atomic E-state index is 12.0. The van der Waals surface area contributed by atoms with Crippen LogP contribution in [0.15, 0.2) is 18.7 Å². The largest absolute Gasteiger partial charge is 0.352 e. The first-order chi connectivity index (χ1) is 16.2. The topological polar surface area (TPSA) is 67.0 Å². The van der Waals surface area contributed by atoms with Crippen molar-refractivity contribution in [1.82, 2.24) is 15.2 Å². The molecule has 0 aliphatic carbocycles. The molecule has 0 radical (unpaired) electrons. The Labute approximate surface area is 202 Å². The van der Waals surface area contributed by atoms with Crippen molar-refractivity contribution >= 4 is 11.8 Å². The number of hydrogen-bond acceptors (Lipinski definition) is 2. The zero-order valence-corrected chi connectivity index (χ0v) is 21.6. The van der Waals surface area contributed by atoms with Gasteiger partial charge in [-0.2, -0.15) is 0 Å². The van der Waals surface area contributed by atoms with Gasteiger partial charge in [0.15, 0.2) is 0 Å². The molecule has 190 valence electrons. The van der Waals surface area contributed by atoms with E-state index in [1.807, 2.05) is 18.7 Å². The van der Waals surface area contributed by atoms with E-state index < -0.39 is 0 Å². The summed E-state index contributed by atoms with van der Waals surface area (Å²) in [5.74, 6) is 0.319. The molecule has 0 aliphatic rings. The molecular formula is C27H51N4O2+. The van der Waals surface area contributed by atoms with Gasteiger partial charge in [-0.05, 0) is 12.8 Å². The molecule has 1 aromatic heterocycles. The summed E-state index contributed by atoms with van der Waals surface area (Å²) in [4.78, 5) is 23.9. The molecule has 1 rings (SSSR count). The first-order valence-electron chi connectivity index (χ1n) is 13.7. The van der Waals surface area contributed by atoms with Crippen molar-refractivity contribution in [3.8, 4) is 0 Å². The summed E-state index contributed by atoms with van der Waals surface area (Å²) in [7, 11) is 0. The molecule has 33 heavy (non-hydrogen) atoms. The maximum atomic E-state index is 12.0. The normalized spacial score (nSPS) is 11.0. The fourth-order valence-electron chi connectivity index (χ4n) is 4.01. The SMILES string of the molecule is CCCCCCCCCC(=O)NCCn1cc[n+](CCNC(=O)CCCCCCCCC)c1. The molecule has 0 fully saturated rings. The van der Waals surface area contributed by atoms with Crippen molar-refractivity contribution in [2.45, 2.75) is 130 Å². The molecule has 0 saturated heterocycles. The average Bonchev–Trinajstić information content (AvgIpc) is 3.25. The van der Waals surface area contributed by atoms with Gasteiger partial charge in [-0.3, -0.25) is 9.59 Å². The summed E-state index contributed by atoms with van der Waals surface area (Å²) >= 11 is 0. The third kappa shape index (κ3) is 17.3. The lowest BCUT2D eigenvalue weighted by Crippen LogP contribution is -2.39. The number of rotatable bonds is 22. The number of aromatic nitrogens is 2. The Morgan fingerprint density at radius 2 is 1.18 bits per heavy atom. The maximum Gasteiger partial charge on any atom is 0.243 e. The van der Waals surface area contributed by atoms with E-state index in [0.717, 1.165) is 38.8 Å². The standard InChI is InChI=1S/C27H50N4O2/c1-3-5-7-9-11-13-15-17-26(32)28-19-21-30-23-24-31(25-30)22-20-29-27(33)18-16-14-12-10-8-6-4-2/h23-25H,3-22H2,1-2H3,(H-,28,29,32,33)/p+1. The predicted molar refractivity (Wildman–Crippen MR) is 136 cm³/mol. The second-order valence-corrected chi connectivity index (χ2v) is 9.33. The highest BCUT2D eigenvalue weighted by Gasteiger charge is 2.07. The van der Waals surface area contributed by atoms with E-state index in [2.05, 4.69) is 33.6 Å². The molecule has 0 atom stereocenters. The Bertz CT molecular complexity index is 565. The van der Waals surface area contributed by atoms with Crippen molar-refractivity contribution in [2.24, 2.45) is 0 Å². The van der Waals surface area contributed by atoms with Crippen LogP contribution in [0.2, 0.25) is 0 Å². The Morgan fingerprint density at radius 1 is 0.697 bits per heavy atom. The molecule has 6 heteroatoms. The van der Waals surface area contributed by atoms with Gasteiger partial charge in [0.1, 0.15) is 25.5 Å². The third-order valence-corrected chi connectivity index (χ3v) is 6.15. The number of carbonyl (C=O) groups excluding carboxylic acids is 2. The monoisotopic (exact) mass is 463 g/mol. The molecule has 0 spiro atoms. The third-order valence-electron chi connectivity index (χ3n) is 6.15. The fraction of sp³-hybridized carbons (Fsp3) is 0.815. The summed E-state index contributed by atoms with van der Waals surface area (Å²) in [5.41, 5.74) is 0. The summed E-state index contributed by atoms with van der Waals surface area (Å²) in [6.45, 7) is 7.30. The highest BCUT2D eigenvalue weighted by Crippen LogP contribution is 2.09. The summed E-state index contributed by atoms with van der Waals surface area (Å²) in [6, 6.07) is 0. The van der Waals surface area contributed by atoms with Crippen LogP contribution in [0.25, 0.3) is 0 Å². The second kappa shape index (κ2) is 20.7. The summed E-state index contributed by atoms with van der Waals surface area (Å²) in [5, 5.41) is 6.04. The van der Waals surface area contributed by atoms with Crippen LogP contribution in [0.1, 0.15) is 117 Å². The lowest BCUT2D eigenvalue weighted by Gasteiger charge is -2.04. The van der Waals surface area contributed by atoms with Gasteiger partial charge in [0.05, 0.1) is 13.1 Å². The summed E-state index contributed by atoms with van der Waals surface area (Å²) < 4.78 is 4.16. The van der Waals surface area contributed by atoms with E-state index in [1.165, 1.54) is 64.2 Å². The second-order valence-electron chi connectivity index (χ2n) is 9.33. The number of amides is 2. The van der Waals surface area contributed by atoms with E-state index in [0.29, 0.717) is 25.9 Å². The van der Waals surface area contributed by atoms with Gasteiger partial charge >= 0.3 is 0 Å². The lowest BCUT2D eigenvalue weighted by molar-refractivity contribution is -0.694. The Kier molecular flexibility index (Phi) is 18.3. The van der Waals surface area contributed by atoms with Crippen molar-refractivity contribution < 1.29 is 14.2 Å². The van der Waals surface area contributed by atoms with Crippen molar-refractivity contribution in [3.63, 3.8) is 0 Å². The quantitative estimate of drug-likeness (QED) is 0.181. The molecule has 0 aliphatic heterocycles. The van der Waals surface area contributed by atoms with Crippen molar-refractivity contribution in [3.05, 3.63) is 18.7 Å². The first kappa shape index (κ1) is 29.2. The van der Waals surface area contributed by atoms with Crippen LogP contribution in [0, 0.1) is 0 Å². The highest BCUT2D eigenvalue weighted by molar-refractivity contribution is 5.76. The Morgan fingerprint density at radius 3 is 1.73 bits per heavy atom. The van der Waals surface area contributed by atoms with E-state index in [1.54, 1.807) is 0 Å². The molecule has 2 amide bonds. The first-order valence-corrected chi connectivity index (χ1v) is 13.7. The molecule has 0 bridgehead atoms. The van der Waals surface area contributed by atoms with E-state index in [-0.39, 0.29) is 11.8 Å². The average molecular weight is 464 g/mol. The highest BCUT2D eigenvalue weighted by atomic mass is 16.2. The van der Waals surface area contributed by atoms with Crippen molar-refractivity contribution in [2.75, 3.05) is 13.1 Å². The van der Waals surface area contributed by atoms with Crippen molar-refractivity contribution in [1.29, 1.82) is 0 Å². The number of imidazole rings is 1. The van der Waals surface area contributed by atoms with Crippen LogP contribution >= 0.6 is 0 Å². The van der Waals surface area contributed by atoms with E-state index in [9.17, 15) is 9.59 Å². The zero-order chi connectivity index (χ0) is 24.0. The molecule has 0 aromatic carbocycles. The lowest BCUT2D eigenvalue weighted by atomic mass is 10.1. The van der Waals surface area contributed by atoms with Gasteiger partial charge in [-0.25, -0.2) is 9.13 Å². The van der Waals surface area contributed by atoms with Crippen LogP contribution < -0.4 is 15.2 Å². The van der Waals surface area contributed by atoms with Gasteiger partial charge in [-0.1, -0.05) is 90.9 Å². The molecular weight excluding hydrogens is 412 g/mol. The van der Waals surface area contributed by atoms with Crippen LogP contribution in [0.4, 0.5) is 0 Å². The summed E-state index contributed by atoms with van der Waals surface area (Å²) in [6.07, 6.45) is 24.6. The van der Waals surface area contributed by atoms with Gasteiger partial charge < -0.3 is 10.6 Å². The molecule has 0 unspecified atom stereocenters. The molecule has 1 aromatic rings. The van der Waals surface area contributed by atoms with Gasteiger partial charge in [-0.15, -0.1) is 0 Å². The minimum Gasteiger partial charge on any atom is -0.352 e. The number of nitrogens with zero attached hydrogens (tertiary/aromatic N) is 2. The number of carbonyl (C=O) groups is 2. The minimum absolute atomic E-state index is 0.160.